The number of halogens is 1. The van der Waals surface area contributed by atoms with Crippen LogP contribution in [-0.2, 0) is 12.8 Å². The van der Waals surface area contributed by atoms with Crippen LogP contribution in [0, 0.1) is 0 Å². The maximum absolute atomic E-state index is 6.26. The summed E-state index contributed by atoms with van der Waals surface area (Å²) in [6.07, 6.45) is 6.21. The van der Waals surface area contributed by atoms with E-state index in [0.717, 1.165) is 30.6 Å². The topological polar surface area (TPSA) is 48.1 Å². The Hall–Kier alpha value is -1.58. The average Bonchev–Trinajstić information content (AvgIpc) is 2.50. The second-order valence-electron chi connectivity index (χ2n) is 5.09. The molecular weight excluding hydrogens is 284 g/mol. The molecular formula is C17H21ClN2O. The van der Waals surface area contributed by atoms with Crippen LogP contribution in [0.1, 0.15) is 24.5 Å². The first-order chi connectivity index (χ1) is 10.2. The minimum atomic E-state index is 0.180. The fourth-order valence-electron chi connectivity index (χ4n) is 2.06. The van der Waals surface area contributed by atoms with Gasteiger partial charge in [0.15, 0.2) is 0 Å². The summed E-state index contributed by atoms with van der Waals surface area (Å²) >= 11 is 6.26. The van der Waals surface area contributed by atoms with Crippen molar-refractivity contribution in [1.29, 1.82) is 0 Å². The molecule has 0 aliphatic rings. The number of aromatic nitrogens is 1. The van der Waals surface area contributed by atoms with Crippen LogP contribution in [0.4, 0.5) is 0 Å². The van der Waals surface area contributed by atoms with E-state index in [9.17, 15) is 0 Å². The number of pyridine rings is 1. The minimum absolute atomic E-state index is 0.180. The number of nitrogens with two attached hydrogens (primary N) is 1. The maximum Gasteiger partial charge on any atom is 0.137 e. The van der Waals surface area contributed by atoms with Crippen molar-refractivity contribution >= 4 is 11.6 Å². The lowest BCUT2D eigenvalue weighted by Gasteiger charge is -2.12. The minimum Gasteiger partial charge on any atom is -0.492 e. The van der Waals surface area contributed by atoms with E-state index in [2.05, 4.69) is 11.9 Å². The molecule has 0 radical (unpaired) electrons. The molecule has 0 aliphatic carbocycles. The first-order valence-electron chi connectivity index (χ1n) is 7.24. The summed E-state index contributed by atoms with van der Waals surface area (Å²) in [7, 11) is 0. The summed E-state index contributed by atoms with van der Waals surface area (Å²) in [5, 5.41) is 0.644. The predicted molar refractivity (Wildman–Crippen MR) is 86.9 cm³/mol. The predicted octanol–water partition coefficient (Wildman–Crippen LogP) is 3.64. The van der Waals surface area contributed by atoms with E-state index in [4.69, 9.17) is 22.1 Å². The van der Waals surface area contributed by atoms with Crippen molar-refractivity contribution < 1.29 is 4.74 Å². The molecule has 1 aromatic heterocycles. The summed E-state index contributed by atoms with van der Waals surface area (Å²) in [5.41, 5.74) is 8.31. The number of hydrogen-bond donors (Lipinski definition) is 1. The monoisotopic (exact) mass is 304 g/mol. The standard InChI is InChI=1S/C17H21ClN2O/c1-2-15(19)11-14-3-4-17(16(18)12-14)21-10-7-13-5-8-20-9-6-13/h3-6,8-9,12,15H,2,7,10-11,19H2,1H3. The largest absolute Gasteiger partial charge is 0.492 e. The van der Waals surface area contributed by atoms with Gasteiger partial charge >= 0.3 is 0 Å². The highest BCUT2D eigenvalue weighted by atomic mass is 35.5. The third-order valence-corrected chi connectivity index (χ3v) is 3.71. The number of benzene rings is 1. The zero-order valence-corrected chi connectivity index (χ0v) is 13.0. The molecule has 0 spiro atoms. The van der Waals surface area contributed by atoms with Crippen molar-refractivity contribution in [1.82, 2.24) is 4.98 Å². The van der Waals surface area contributed by atoms with E-state index in [1.807, 2.05) is 30.3 Å². The first-order valence-corrected chi connectivity index (χ1v) is 7.62. The van der Waals surface area contributed by atoms with Gasteiger partial charge in [-0.1, -0.05) is 24.6 Å². The highest BCUT2D eigenvalue weighted by Gasteiger charge is 2.06. The van der Waals surface area contributed by atoms with Gasteiger partial charge in [0.05, 0.1) is 11.6 Å². The van der Waals surface area contributed by atoms with E-state index in [-0.39, 0.29) is 6.04 Å². The van der Waals surface area contributed by atoms with Gasteiger partial charge in [0.25, 0.3) is 0 Å². The molecule has 0 aliphatic heterocycles. The van der Waals surface area contributed by atoms with E-state index in [1.54, 1.807) is 12.4 Å². The van der Waals surface area contributed by atoms with Crippen LogP contribution in [0.3, 0.4) is 0 Å². The Morgan fingerprint density at radius 3 is 2.62 bits per heavy atom. The van der Waals surface area contributed by atoms with Crippen molar-refractivity contribution in [2.45, 2.75) is 32.2 Å². The van der Waals surface area contributed by atoms with Gasteiger partial charge in [0.1, 0.15) is 5.75 Å². The molecule has 0 bridgehead atoms. The normalized spacial score (nSPS) is 12.1. The molecule has 2 aromatic rings. The van der Waals surface area contributed by atoms with Gasteiger partial charge in [-0.25, -0.2) is 0 Å². The summed E-state index contributed by atoms with van der Waals surface area (Å²) in [4.78, 5) is 3.99. The summed E-state index contributed by atoms with van der Waals surface area (Å²) < 4.78 is 5.74. The Morgan fingerprint density at radius 2 is 1.95 bits per heavy atom. The van der Waals surface area contributed by atoms with Crippen LogP contribution in [0.2, 0.25) is 5.02 Å². The fraction of sp³-hybridized carbons (Fsp3) is 0.353. The Balaban J connectivity index is 1.89. The van der Waals surface area contributed by atoms with E-state index in [1.165, 1.54) is 5.56 Å². The first kappa shape index (κ1) is 15.8. The van der Waals surface area contributed by atoms with Crippen molar-refractivity contribution in [2.75, 3.05) is 6.61 Å². The van der Waals surface area contributed by atoms with Crippen LogP contribution in [0.15, 0.2) is 42.7 Å². The van der Waals surface area contributed by atoms with Gasteiger partial charge in [-0.2, -0.15) is 0 Å². The molecule has 0 amide bonds. The van der Waals surface area contributed by atoms with Gasteiger partial charge in [0, 0.05) is 24.9 Å². The van der Waals surface area contributed by atoms with Crippen LogP contribution < -0.4 is 10.5 Å². The summed E-state index contributed by atoms with van der Waals surface area (Å²) in [5.74, 6) is 0.722. The number of hydrogen-bond acceptors (Lipinski definition) is 3. The third-order valence-electron chi connectivity index (χ3n) is 3.42. The van der Waals surface area contributed by atoms with Crippen molar-refractivity contribution in [2.24, 2.45) is 5.73 Å². The molecule has 0 fully saturated rings. The molecule has 3 nitrogen and oxygen atoms in total. The second kappa shape index (κ2) is 8.01. The van der Waals surface area contributed by atoms with Gasteiger partial charge in [0.2, 0.25) is 0 Å². The molecule has 2 N–H and O–H groups in total. The second-order valence-corrected chi connectivity index (χ2v) is 5.50. The third kappa shape index (κ3) is 5.03. The van der Waals surface area contributed by atoms with Gasteiger partial charge < -0.3 is 10.5 Å². The average molecular weight is 305 g/mol. The molecule has 1 atom stereocenters. The lowest BCUT2D eigenvalue weighted by atomic mass is 10.0. The van der Waals surface area contributed by atoms with Gasteiger partial charge in [-0.3, -0.25) is 4.98 Å². The van der Waals surface area contributed by atoms with Gasteiger partial charge in [-0.05, 0) is 48.2 Å². The molecule has 21 heavy (non-hydrogen) atoms. The molecule has 112 valence electrons. The molecule has 4 heteroatoms. The number of nitrogens with zero attached hydrogens (tertiary/aromatic N) is 1. The number of ether oxygens (including phenoxy) is 1. The Kier molecular flexibility index (Phi) is 6.03. The SMILES string of the molecule is CCC(N)Cc1ccc(OCCc2ccncc2)c(Cl)c1. The van der Waals surface area contributed by atoms with E-state index < -0.39 is 0 Å². The molecule has 0 saturated heterocycles. The Morgan fingerprint density at radius 1 is 1.19 bits per heavy atom. The van der Waals surface area contributed by atoms with Crippen molar-refractivity contribution in [3.63, 3.8) is 0 Å². The Labute approximate surface area is 131 Å². The summed E-state index contributed by atoms with van der Waals surface area (Å²) in [6, 6.07) is 10.1. The lowest BCUT2D eigenvalue weighted by molar-refractivity contribution is 0.322. The number of rotatable bonds is 7. The lowest BCUT2D eigenvalue weighted by Crippen LogP contribution is -2.21. The Bertz CT molecular complexity index is 560. The fourth-order valence-corrected chi connectivity index (χ4v) is 2.32. The van der Waals surface area contributed by atoms with Crippen LogP contribution in [0.5, 0.6) is 5.75 Å². The molecule has 2 rings (SSSR count). The van der Waals surface area contributed by atoms with Crippen molar-refractivity contribution in [3.8, 4) is 5.75 Å². The zero-order valence-electron chi connectivity index (χ0n) is 12.3. The maximum atomic E-state index is 6.26. The van der Waals surface area contributed by atoms with E-state index in [0.29, 0.717) is 11.6 Å². The summed E-state index contributed by atoms with van der Waals surface area (Å²) in [6.45, 7) is 2.68. The smallest absolute Gasteiger partial charge is 0.137 e. The highest BCUT2D eigenvalue weighted by molar-refractivity contribution is 6.32. The zero-order chi connectivity index (χ0) is 15.1. The quantitative estimate of drug-likeness (QED) is 0.849. The van der Waals surface area contributed by atoms with Gasteiger partial charge in [-0.15, -0.1) is 0 Å². The molecule has 1 aromatic carbocycles. The molecule has 1 heterocycles. The van der Waals surface area contributed by atoms with Crippen molar-refractivity contribution in [3.05, 3.63) is 58.9 Å². The van der Waals surface area contributed by atoms with Crippen LogP contribution in [-0.4, -0.2) is 17.6 Å². The van der Waals surface area contributed by atoms with Crippen LogP contribution >= 0.6 is 11.6 Å². The molecule has 0 saturated carbocycles. The highest BCUT2D eigenvalue weighted by Crippen LogP contribution is 2.26. The van der Waals surface area contributed by atoms with Crippen LogP contribution in [0.25, 0.3) is 0 Å². The van der Waals surface area contributed by atoms with E-state index >= 15 is 0 Å². The molecule has 1 unspecified atom stereocenters.